The van der Waals surface area contributed by atoms with Crippen molar-refractivity contribution in [2.24, 2.45) is 0 Å². The molecule has 1 aromatic heterocycles. The molecular formula is C12H14N4O2. The second-order valence-corrected chi connectivity index (χ2v) is 3.53. The Balaban J connectivity index is 2.25. The van der Waals surface area contributed by atoms with Crippen molar-refractivity contribution >= 4 is 17.2 Å². The molecule has 1 heterocycles. The Morgan fingerprint density at radius 2 is 1.78 bits per heavy atom. The summed E-state index contributed by atoms with van der Waals surface area (Å²) in [5.74, 6) is 1.02. The molecule has 0 saturated carbocycles. The first-order valence-electron chi connectivity index (χ1n) is 5.31. The number of hydrogen-bond donors (Lipinski definition) is 2. The quantitative estimate of drug-likeness (QED) is 0.801. The number of hydrogen-bond acceptors (Lipinski definition) is 6. The number of methoxy groups -OCH3 is 2. The lowest BCUT2D eigenvalue weighted by atomic mass is 10.3. The van der Waals surface area contributed by atoms with Crippen LogP contribution in [-0.4, -0.2) is 24.2 Å². The third-order valence-electron chi connectivity index (χ3n) is 2.26. The standard InChI is InChI=1S/C12H14N4O2/c1-17-11-7-10(15-12(16-11)18-2)14-9-5-3-8(13)4-6-9/h3-7H,13H2,1-2H3,(H,14,15,16). The van der Waals surface area contributed by atoms with Crippen molar-refractivity contribution in [3.63, 3.8) is 0 Å². The zero-order valence-electron chi connectivity index (χ0n) is 10.2. The van der Waals surface area contributed by atoms with E-state index in [-0.39, 0.29) is 6.01 Å². The molecule has 0 unspecified atom stereocenters. The van der Waals surface area contributed by atoms with Gasteiger partial charge in [-0.2, -0.15) is 9.97 Å². The fourth-order valence-electron chi connectivity index (χ4n) is 1.38. The van der Waals surface area contributed by atoms with E-state index in [1.807, 2.05) is 12.1 Å². The van der Waals surface area contributed by atoms with Gasteiger partial charge in [-0.15, -0.1) is 0 Å². The molecular weight excluding hydrogens is 232 g/mol. The minimum atomic E-state index is 0.243. The Hall–Kier alpha value is -2.50. The van der Waals surface area contributed by atoms with Crippen LogP contribution in [0.1, 0.15) is 0 Å². The highest BCUT2D eigenvalue weighted by atomic mass is 16.5. The molecule has 0 aliphatic heterocycles. The summed E-state index contributed by atoms with van der Waals surface area (Å²) in [4.78, 5) is 8.17. The number of benzene rings is 1. The molecule has 6 nitrogen and oxygen atoms in total. The molecule has 2 aromatic rings. The zero-order valence-corrected chi connectivity index (χ0v) is 10.2. The van der Waals surface area contributed by atoms with E-state index in [4.69, 9.17) is 15.2 Å². The molecule has 0 amide bonds. The Kier molecular flexibility index (Phi) is 3.47. The monoisotopic (exact) mass is 246 g/mol. The predicted molar refractivity (Wildman–Crippen MR) is 69.3 cm³/mol. The number of nitrogen functional groups attached to an aromatic ring is 1. The Morgan fingerprint density at radius 3 is 2.39 bits per heavy atom. The number of nitrogens with one attached hydrogen (secondary N) is 1. The van der Waals surface area contributed by atoms with Gasteiger partial charge in [-0.3, -0.25) is 0 Å². The second-order valence-electron chi connectivity index (χ2n) is 3.53. The molecule has 18 heavy (non-hydrogen) atoms. The summed E-state index contributed by atoms with van der Waals surface area (Å²) in [7, 11) is 3.04. The molecule has 0 saturated heterocycles. The van der Waals surface area contributed by atoms with Crippen LogP contribution in [-0.2, 0) is 0 Å². The SMILES string of the molecule is COc1cc(Nc2ccc(N)cc2)nc(OC)n1. The Bertz CT molecular complexity index is 506. The summed E-state index contributed by atoms with van der Waals surface area (Å²) in [5, 5.41) is 3.11. The minimum Gasteiger partial charge on any atom is -0.481 e. The van der Waals surface area contributed by atoms with Gasteiger partial charge in [0.05, 0.1) is 14.2 Å². The first-order chi connectivity index (χ1) is 8.71. The topological polar surface area (TPSA) is 82.3 Å². The second kappa shape index (κ2) is 5.22. The molecule has 1 aromatic carbocycles. The van der Waals surface area contributed by atoms with E-state index in [9.17, 15) is 0 Å². The first-order valence-corrected chi connectivity index (χ1v) is 5.31. The highest BCUT2D eigenvalue weighted by molar-refractivity contribution is 5.59. The number of rotatable bonds is 4. The largest absolute Gasteiger partial charge is 0.481 e. The van der Waals surface area contributed by atoms with Gasteiger partial charge in [0.15, 0.2) is 0 Å². The fourth-order valence-corrected chi connectivity index (χ4v) is 1.38. The maximum absolute atomic E-state index is 5.62. The van der Waals surface area contributed by atoms with Crippen LogP contribution in [0.15, 0.2) is 30.3 Å². The van der Waals surface area contributed by atoms with Crippen LogP contribution in [0.2, 0.25) is 0 Å². The highest BCUT2D eigenvalue weighted by Crippen LogP contribution is 2.21. The van der Waals surface area contributed by atoms with Crippen molar-refractivity contribution in [3.05, 3.63) is 30.3 Å². The number of nitrogens with two attached hydrogens (primary N) is 1. The molecule has 0 bridgehead atoms. The predicted octanol–water partition coefficient (Wildman–Crippen LogP) is 1.82. The van der Waals surface area contributed by atoms with Crippen molar-refractivity contribution in [2.75, 3.05) is 25.3 Å². The molecule has 0 aliphatic rings. The van der Waals surface area contributed by atoms with Gasteiger partial charge in [-0.05, 0) is 24.3 Å². The lowest BCUT2D eigenvalue weighted by molar-refractivity contribution is 0.353. The lowest BCUT2D eigenvalue weighted by Gasteiger charge is -2.08. The number of aromatic nitrogens is 2. The third kappa shape index (κ3) is 2.79. The average Bonchev–Trinajstić information content (AvgIpc) is 2.41. The Morgan fingerprint density at radius 1 is 1.06 bits per heavy atom. The molecule has 0 atom stereocenters. The maximum Gasteiger partial charge on any atom is 0.321 e. The van der Waals surface area contributed by atoms with Gasteiger partial charge in [0, 0.05) is 17.4 Å². The molecule has 0 spiro atoms. The van der Waals surface area contributed by atoms with Crippen molar-refractivity contribution in [1.29, 1.82) is 0 Å². The molecule has 2 rings (SSSR count). The van der Waals surface area contributed by atoms with Crippen molar-refractivity contribution in [2.45, 2.75) is 0 Å². The molecule has 0 aliphatic carbocycles. The average molecular weight is 246 g/mol. The van der Waals surface area contributed by atoms with Gasteiger partial charge in [-0.25, -0.2) is 0 Å². The number of nitrogens with zero attached hydrogens (tertiary/aromatic N) is 2. The van der Waals surface area contributed by atoms with Gasteiger partial charge >= 0.3 is 6.01 Å². The molecule has 6 heteroatoms. The first kappa shape index (κ1) is 12.0. The van der Waals surface area contributed by atoms with E-state index in [0.717, 1.165) is 5.69 Å². The van der Waals surface area contributed by atoms with Crippen molar-refractivity contribution in [3.8, 4) is 11.9 Å². The smallest absolute Gasteiger partial charge is 0.321 e. The van der Waals surface area contributed by atoms with E-state index in [2.05, 4.69) is 15.3 Å². The van der Waals surface area contributed by atoms with Crippen LogP contribution in [0.5, 0.6) is 11.9 Å². The number of anilines is 3. The van der Waals surface area contributed by atoms with E-state index in [0.29, 0.717) is 17.4 Å². The van der Waals surface area contributed by atoms with Crippen molar-refractivity contribution < 1.29 is 9.47 Å². The van der Waals surface area contributed by atoms with Gasteiger partial charge in [0.2, 0.25) is 5.88 Å². The zero-order chi connectivity index (χ0) is 13.0. The highest BCUT2D eigenvalue weighted by Gasteiger charge is 2.05. The van der Waals surface area contributed by atoms with Crippen LogP contribution >= 0.6 is 0 Å². The van der Waals surface area contributed by atoms with Crippen LogP contribution in [0, 0.1) is 0 Å². The summed E-state index contributed by atoms with van der Waals surface area (Å²) >= 11 is 0. The van der Waals surface area contributed by atoms with Gasteiger partial charge < -0.3 is 20.5 Å². The Labute approximate surface area is 105 Å². The van der Waals surface area contributed by atoms with Gasteiger partial charge in [0.25, 0.3) is 0 Å². The molecule has 0 fully saturated rings. The maximum atomic E-state index is 5.62. The summed E-state index contributed by atoms with van der Waals surface area (Å²) in [5.41, 5.74) is 7.19. The summed E-state index contributed by atoms with van der Waals surface area (Å²) in [6, 6.07) is 9.24. The van der Waals surface area contributed by atoms with E-state index >= 15 is 0 Å². The van der Waals surface area contributed by atoms with E-state index < -0.39 is 0 Å². The van der Waals surface area contributed by atoms with Crippen LogP contribution in [0.25, 0.3) is 0 Å². The normalized spacial score (nSPS) is 9.89. The molecule has 0 radical (unpaired) electrons. The van der Waals surface area contributed by atoms with E-state index in [1.54, 1.807) is 18.2 Å². The van der Waals surface area contributed by atoms with E-state index in [1.165, 1.54) is 14.2 Å². The van der Waals surface area contributed by atoms with Crippen molar-refractivity contribution in [1.82, 2.24) is 9.97 Å². The molecule has 3 N–H and O–H groups in total. The van der Waals surface area contributed by atoms with Crippen LogP contribution < -0.4 is 20.5 Å². The van der Waals surface area contributed by atoms with Crippen LogP contribution in [0.4, 0.5) is 17.2 Å². The van der Waals surface area contributed by atoms with Gasteiger partial charge in [-0.1, -0.05) is 0 Å². The van der Waals surface area contributed by atoms with Crippen LogP contribution in [0.3, 0.4) is 0 Å². The number of ether oxygens (including phenoxy) is 2. The lowest BCUT2D eigenvalue weighted by Crippen LogP contribution is -2.00. The summed E-state index contributed by atoms with van der Waals surface area (Å²) in [6.07, 6.45) is 0. The molecule has 94 valence electrons. The minimum absolute atomic E-state index is 0.243. The van der Waals surface area contributed by atoms with Gasteiger partial charge in [0.1, 0.15) is 5.82 Å². The third-order valence-corrected chi connectivity index (χ3v) is 2.26. The summed E-state index contributed by atoms with van der Waals surface area (Å²) < 4.78 is 10.1. The fraction of sp³-hybridized carbons (Fsp3) is 0.167. The summed E-state index contributed by atoms with van der Waals surface area (Å²) in [6.45, 7) is 0.